The van der Waals surface area contributed by atoms with Crippen LogP contribution in [0.2, 0.25) is 15.1 Å². The molecule has 0 saturated heterocycles. The van der Waals surface area contributed by atoms with Gasteiger partial charge in [-0.15, -0.1) is 23.2 Å². The Morgan fingerprint density at radius 1 is 0.921 bits per heavy atom. The fourth-order valence-corrected chi connectivity index (χ4v) is 5.59. The lowest BCUT2D eigenvalue weighted by atomic mass is 10.0. The van der Waals surface area contributed by atoms with Crippen molar-refractivity contribution in [1.29, 1.82) is 0 Å². The molecule has 38 heavy (non-hydrogen) atoms. The number of carbonyl (C=O) groups excluding carboxylic acids is 3. The maximum absolute atomic E-state index is 13.0. The third-order valence-electron chi connectivity index (χ3n) is 5.90. The van der Waals surface area contributed by atoms with Crippen molar-refractivity contribution in [3.8, 4) is 0 Å². The first kappa shape index (κ1) is 30.8. The highest BCUT2D eigenvalue weighted by Crippen LogP contribution is 2.65. The molecule has 2 N–H and O–H groups in total. The molecule has 0 bridgehead atoms. The number of rotatable bonds is 11. The molecule has 5 nitrogen and oxygen atoms in total. The van der Waals surface area contributed by atoms with Crippen LogP contribution in [0.3, 0.4) is 0 Å². The number of unbranched alkanes of at least 4 members (excludes halogenated alkanes) is 1. The second kappa shape index (κ2) is 12.6. The molecular weight excluding hydrogens is 611 g/mol. The summed E-state index contributed by atoms with van der Waals surface area (Å²) in [5.74, 6) is -2.63. The highest BCUT2D eigenvalue weighted by Gasteiger charge is 2.67. The van der Waals surface area contributed by atoms with Crippen LogP contribution in [0.4, 0.5) is 18.9 Å². The van der Waals surface area contributed by atoms with Crippen molar-refractivity contribution in [3.05, 3.63) is 62.6 Å². The lowest BCUT2D eigenvalue weighted by molar-refractivity contribution is -0.135. The molecule has 1 saturated carbocycles. The van der Waals surface area contributed by atoms with E-state index in [1.807, 2.05) is 0 Å². The van der Waals surface area contributed by atoms with Gasteiger partial charge in [-0.25, -0.2) is 0 Å². The van der Waals surface area contributed by atoms with Gasteiger partial charge in [0.1, 0.15) is 4.33 Å². The highest BCUT2D eigenvalue weighted by atomic mass is 35.5. The average Bonchev–Trinajstić information content (AvgIpc) is 3.38. The second-order valence-electron chi connectivity index (χ2n) is 8.86. The Labute approximate surface area is 242 Å². The number of halogens is 8. The van der Waals surface area contributed by atoms with E-state index in [9.17, 15) is 27.6 Å². The van der Waals surface area contributed by atoms with Gasteiger partial charge in [-0.05, 0) is 54.8 Å². The third kappa shape index (κ3) is 8.39. The van der Waals surface area contributed by atoms with Gasteiger partial charge in [0.2, 0.25) is 11.8 Å². The third-order valence-corrected chi connectivity index (χ3v) is 7.61. The summed E-state index contributed by atoms with van der Waals surface area (Å²) in [6.07, 6.45) is -4.76. The smallest absolute Gasteiger partial charge is 0.356 e. The number of ketones is 1. The van der Waals surface area contributed by atoms with E-state index in [-0.39, 0.29) is 29.2 Å². The largest absolute Gasteiger partial charge is 0.390 e. The van der Waals surface area contributed by atoms with Crippen LogP contribution in [0.1, 0.15) is 53.9 Å². The quantitative estimate of drug-likeness (QED) is 0.150. The van der Waals surface area contributed by atoms with E-state index in [1.54, 1.807) is 18.2 Å². The number of hydrogen-bond acceptors (Lipinski definition) is 3. The number of alkyl halides is 5. The van der Waals surface area contributed by atoms with Gasteiger partial charge in [-0.3, -0.25) is 14.4 Å². The van der Waals surface area contributed by atoms with Gasteiger partial charge < -0.3 is 10.6 Å². The molecule has 0 spiro atoms. The van der Waals surface area contributed by atoms with E-state index >= 15 is 0 Å². The second-order valence-corrected chi connectivity index (χ2v) is 11.6. The molecule has 1 fully saturated rings. The fourth-order valence-electron chi connectivity index (χ4n) is 4.00. The standard InChI is InChI=1S/C25H22Cl5F3N2O3/c26-14-9-13(10-15(27)11-14)21-22(25(21,29)30)23(38)35-16-5-6-18(28)17(12-16)19(36)3-1-2-4-20(37)34-8-7-24(31,32)33/h5-6,9-12,21-22H,1-4,7-8H2,(H,34,37)(H,35,38). The maximum Gasteiger partial charge on any atom is 0.390 e. The predicted octanol–water partition coefficient (Wildman–Crippen LogP) is 7.98. The van der Waals surface area contributed by atoms with Crippen LogP contribution in [0, 0.1) is 5.92 Å². The number of nitrogens with one attached hydrogen (secondary N) is 2. The van der Waals surface area contributed by atoms with Crippen molar-refractivity contribution in [1.82, 2.24) is 5.32 Å². The summed E-state index contributed by atoms with van der Waals surface area (Å²) in [7, 11) is 0. The van der Waals surface area contributed by atoms with Crippen molar-refractivity contribution in [2.75, 3.05) is 11.9 Å². The molecule has 0 aliphatic heterocycles. The summed E-state index contributed by atoms with van der Waals surface area (Å²) in [5.41, 5.74) is 1.11. The summed E-state index contributed by atoms with van der Waals surface area (Å²) in [4.78, 5) is 37.3. The van der Waals surface area contributed by atoms with E-state index in [2.05, 4.69) is 10.6 Å². The Kier molecular flexibility index (Phi) is 10.3. The first-order valence-electron chi connectivity index (χ1n) is 11.5. The lowest BCUT2D eigenvalue weighted by Gasteiger charge is -2.10. The molecule has 1 aliphatic rings. The molecule has 2 unspecified atom stereocenters. The van der Waals surface area contributed by atoms with E-state index in [4.69, 9.17) is 58.0 Å². The molecule has 0 radical (unpaired) electrons. The van der Waals surface area contributed by atoms with Crippen LogP contribution in [0.15, 0.2) is 36.4 Å². The number of hydrogen-bond donors (Lipinski definition) is 2. The van der Waals surface area contributed by atoms with Gasteiger partial charge in [-0.1, -0.05) is 34.8 Å². The molecule has 13 heteroatoms. The van der Waals surface area contributed by atoms with Gasteiger partial charge in [0.05, 0.1) is 17.4 Å². The number of amides is 2. The zero-order chi connectivity index (χ0) is 28.3. The molecule has 206 valence electrons. The molecule has 2 aromatic rings. The Balaban J connectivity index is 1.54. The van der Waals surface area contributed by atoms with E-state index in [0.717, 1.165) is 0 Å². The molecule has 0 aromatic heterocycles. The minimum Gasteiger partial charge on any atom is -0.356 e. The van der Waals surface area contributed by atoms with Crippen molar-refractivity contribution in [2.45, 2.75) is 48.5 Å². The first-order chi connectivity index (χ1) is 17.7. The Morgan fingerprint density at radius 2 is 1.55 bits per heavy atom. The van der Waals surface area contributed by atoms with Crippen molar-refractivity contribution >= 4 is 81.3 Å². The van der Waals surface area contributed by atoms with Gasteiger partial charge in [0.25, 0.3) is 0 Å². The molecule has 0 heterocycles. The average molecular weight is 633 g/mol. The Hall–Kier alpha value is -1.71. The van der Waals surface area contributed by atoms with Crippen LogP contribution in [-0.2, 0) is 9.59 Å². The molecule has 1 aliphatic carbocycles. The molecule has 2 atom stereocenters. The fraction of sp³-hybridized carbons (Fsp3) is 0.400. The molecule has 3 rings (SSSR count). The SMILES string of the molecule is O=C(CCCCC(=O)c1cc(NC(=O)C2C(c3cc(Cl)cc(Cl)c3)C2(Cl)Cl)ccc1Cl)NCCC(F)(F)F. The minimum atomic E-state index is -4.34. The summed E-state index contributed by atoms with van der Waals surface area (Å²) in [5, 5.41) is 5.84. The minimum absolute atomic E-state index is 0.00599. The molecular formula is C25H22Cl5F3N2O3. The first-order valence-corrected chi connectivity index (χ1v) is 13.4. The van der Waals surface area contributed by atoms with Crippen LogP contribution in [-0.4, -0.2) is 34.7 Å². The van der Waals surface area contributed by atoms with Crippen molar-refractivity contribution < 1.29 is 27.6 Å². The zero-order valence-corrected chi connectivity index (χ0v) is 23.4. The number of carbonyl (C=O) groups is 3. The maximum atomic E-state index is 13.0. The summed E-state index contributed by atoms with van der Waals surface area (Å²) in [6, 6.07) is 9.25. The predicted molar refractivity (Wildman–Crippen MR) is 144 cm³/mol. The topological polar surface area (TPSA) is 75.3 Å². The Bertz CT molecular complexity index is 1200. The number of anilines is 1. The number of benzene rings is 2. The van der Waals surface area contributed by atoms with E-state index in [1.165, 1.54) is 18.2 Å². The van der Waals surface area contributed by atoms with Crippen LogP contribution >= 0.6 is 58.0 Å². The summed E-state index contributed by atoms with van der Waals surface area (Å²) >= 11 is 31.1. The van der Waals surface area contributed by atoms with Crippen LogP contribution in [0.25, 0.3) is 0 Å². The summed E-state index contributed by atoms with van der Waals surface area (Å²) in [6.45, 7) is -0.488. The van der Waals surface area contributed by atoms with E-state index in [0.29, 0.717) is 34.1 Å². The van der Waals surface area contributed by atoms with E-state index < -0.39 is 47.1 Å². The monoisotopic (exact) mass is 630 g/mol. The normalized spacial score (nSPS) is 18.1. The van der Waals surface area contributed by atoms with Gasteiger partial charge in [0, 0.05) is 46.6 Å². The van der Waals surface area contributed by atoms with Gasteiger partial charge in [-0.2, -0.15) is 13.2 Å². The van der Waals surface area contributed by atoms with Crippen molar-refractivity contribution in [2.24, 2.45) is 5.92 Å². The lowest BCUT2D eigenvalue weighted by Crippen LogP contribution is -2.27. The van der Waals surface area contributed by atoms with Gasteiger partial charge >= 0.3 is 6.18 Å². The number of Topliss-reactive ketones (excluding diaryl/α,β-unsaturated/α-hetero) is 1. The highest BCUT2D eigenvalue weighted by molar-refractivity contribution is 6.53. The van der Waals surface area contributed by atoms with Crippen LogP contribution < -0.4 is 10.6 Å². The Morgan fingerprint density at radius 3 is 2.18 bits per heavy atom. The zero-order valence-electron chi connectivity index (χ0n) is 19.6. The van der Waals surface area contributed by atoms with Gasteiger partial charge in [0.15, 0.2) is 5.78 Å². The van der Waals surface area contributed by atoms with Crippen molar-refractivity contribution in [3.63, 3.8) is 0 Å². The molecule has 2 aromatic carbocycles. The summed E-state index contributed by atoms with van der Waals surface area (Å²) < 4.78 is 35.0. The van der Waals surface area contributed by atoms with Crippen LogP contribution in [0.5, 0.6) is 0 Å². The molecule has 2 amide bonds.